The molecule has 2 heterocycles. The van der Waals surface area contributed by atoms with E-state index in [2.05, 4.69) is 243 Å². The van der Waals surface area contributed by atoms with Crippen LogP contribution < -0.4 is 32.8 Å². The van der Waals surface area contributed by atoms with E-state index in [9.17, 15) is 0 Å². The molecule has 0 unspecified atom stereocenters. The number of rotatable bonds is 2. The third kappa shape index (κ3) is 5.39. The smallest absolute Gasteiger partial charge is 0.0680 e. The van der Waals surface area contributed by atoms with E-state index < -0.39 is 0 Å². The molecule has 0 atom stereocenters. The van der Waals surface area contributed by atoms with E-state index in [4.69, 9.17) is 0 Å². The highest BCUT2D eigenvalue weighted by Gasteiger charge is 2.37. The van der Waals surface area contributed by atoms with E-state index >= 15 is 0 Å². The van der Waals surface area contributed by atoms with Crippen molar-refractivity contribution in [3.63, 3.8) is 0 Å². The van der Waals surface area contributed by atoms with Crippen LogP contribution in [0.5, 0.6) is 0 Å². The van der Waals surface area contributed by atoms with Gasteiger partial charge in [0.05, 0.1) is 0 Å². The lowest BCUT2D eigenvalue weighted by Crippen LogP contribution is -2.55. The first kappa shape index (κ1) is 39.4. The lowest BCUT2D eigenvalue weighted by atomic mass is 9.33. The van der Waals surface area contributed by atoms with Gasteiger partial charge in [-0.25, -0.2) is 0 Å². The fourth-order valence-corrected chi connectivity index (χ4v) is 14.3. The summed E-state index contributed by atoms with van der Waals surface area (Å²) in [7, 11) is 0. The molecule has 0 saturated heterocycles. The Morgan fingerprint density at radius 2 is 0.432 bits per heavy atom. The van der Waals surface area contributed by atoms with Crippen molar-refractivity contribution in [3.8, 4) is 22.3 Å². The standard InChI is InChI=1S/C72H40B2/c1-3-11-43-27-53-33-59(21-17-49(53)25-41(43)9-1)73-65-23-19-51-36-64-62-38-56-30-46-14-6-8-16-48(46)32-58(56)40-68(62)74(60-22-18-50-26-42-10-2-4-12-44(42)28-54(50)34-60)66-24-20-52-35-63(71(65)69(51)70(52)72(64)66)61-37-55-29-45-13-5-7-15-47(45)31-57(55)39-67(61)73/h1-40H. The number of benzene rings is 16. The first-order chi connectivity index (χ1) is 36.6. The zero-order valence-corrected chi connectivity index (χ0v) is 40.2. The fraction of sp³-hybridized carbons (Fsp3) is 0. The molecule has 0 spiro atoms. The number of fused-ring (bicyclic) bond motifs is 12. The van der Waals surface area contributed by atoms with Gasteiger partial charge in [0.1, 0.15) is 0 Å². The van der Waals surface area contributed by atoms with Gasteiger partial charge < -0.3 is 0 Å². The van der Waals surface area contributed by atoms with Crippen molar-refractivity contribution in [3.05, 3.63) is 243 Å². The monoisotopic (exact) mass is 926 g/mol. The molecule has 74 heavy (non-hydrogen) atoms. The van der Waals surface area contributed by atoms with Gasteiger partial charge in [0.15, 0.2) is 0 Å². The summed E-state index contributed by atoms with van der Waals surface area (Å²) in [6.45, 7) is 0.0630. The van der Waals surface area contributed by atoms with E-state index in [1.165, 1.54) is 174 Å². The quantitative estimate of drug-likeness (QED) is 0.0921. The third-order valence-corrected chi connectivity index (χ3v) is 17.6. The van der Waals surface area contributed by atoms with E-state index in [0.717, 1.165) is 0 Å². The number of hydrogen-bond acceptors (Lipinski definition) is 0. The van der Waals surface area contributed by atoms with Crippen LogP contribution in [0.1, 0.15) is 0 Å². The average Bonchev–Trinajstić information content (AvgIpc) is 3.44. The molecule has 2 aliphatic heterocycles. The van der Waals surface area contributed by atoms with Gasteiger partial charge in [0.2, 0.25) is 13.4 Å². The summed E-state index contributed by atoms with van der Waals surface area (Å²) < 4.78 is 0. The minimum absolute atomic E-state index is 0.0315. The summed E-state index contributed by atoms with van der Waals surface area (Å²) in [5, 5.41) is 28.6. The molecule has 334 valence electrons. The third-order valence-electron chi connectivity index (χ3n) is 17.6. The summed E-state index contributed by atoms with van der Waals surface area (Å²) in [6, 6.07) is 93.9. The Hall–Kier alpha value is -9.23. The van der Waals surface area contributed by atoms with Gasteiger partial charge in [0, 0.05) is 0 Å². The summed E-state index contributed by atoms with van der Waals surface area (Å²) >= 11 is 0. The van der Waals surface area contributed by atoms with Crippen LogP contribution in [0.3, 0.4) is 0 Å². The maximum atomic E-state index is 2.56. The van der Waals surface area contributed by atoms with Gasteiger partial charge in [-0.2, -0.15) is 0 Å². The average molecular weight is 927 g/mol. The summed E-state index contributed by atoms with van der Waals surface area (Å²) in [5.41, 5.74) is 13.5. The second-order valence-corrected chi connectivity index (χ2v) is 21.6. The van der Waals surface area contributed by atoms with Crippen molar-refractivity contribution < 1.29 is 0 Å². The van der Waals surface area contributed by atoms with E-state index in [1.807, 2.05) is 0 Å². The molecule has 0 aliphatic carbocycles. The van der Waals surface area contributed by atoms with Gasteiger partial charge in [-0.3, -0.25) is 0 Å². The van der Waals surface area contributed by atoms with E-state index in [1.54, 1.807) is 0 Å². The van der Waals surface area contributed by atoms with Crippen molar-refractivity contribution in [2.24, 2.45) is 0 Å². The Bertz CT molecular complexity index is 4890. The Balaban J connectivity index is 0.945. The van der Waals surface area contributed by atoms with Gasteiger partial charge in [-0.1, -0.05) is 203 Å². The molecule has 16 aromatic rings. The first-order valence-electron chi connectivity index (χ1n) is 26.2. The Labute approximate surface area is 427 Å². The van der Waals surface area contributed by atoms with Crippen LogP contribution in [0.2, 0.25) is 0 Å². The van der Waals surface area contributed by atoms with Crippen molar-refractivity contribution >= 4 is 165 Å². The molecular formula is C72H40B2. The SMILES string of the molecule is c1ccc2cc3cc(B4c5cc6cc7ccccc7cc6cc5-c5cc6ccc7c8c(cc9ccc4c5c9c68)-c4cc5cc6ccccc6cc5cc4B7c4ccc5cc6ccccc6cc5c4)ccc3cc2c1. The highest BCUT2D eigenvalue weighted by atomic mass is 14.3. The lowest BCUT2D eigenvalue weighted by molar-refractivity contribution is 1.70. The van der Waals surface area contributed by atoms with Crippen LogP contribution >= 0.6 is 0 Å². The lowest BCUT2D eigenvalue weighted by Gasteiger charge is -2.33. The van der Waals surface area contributed by atoms with Gasteiger partial charge in [-0.15, -0.1) is 0 Å². The van der Waals surface area contributed by atoms with Crippen LogP contribution in [0.4, 0.5) is 0 Å². The highest BCUT2D eigenvalue weighted by Crippen LogP contribution is 2.46. The van der Waals surface area contributed by atoms with Crippen LogP contribution in [0.15, 0.2) is 243 Å². The summed E-state index contributed by atoms with van der Waals surface area (Å²) in [5.74, 6) is 0. The minimum Gasteiger partial charge on any atom is -0.0680 e. The van der Waals surface area contributed by atoms with E-state index in [0.29, 0.717) is 0 Å². The predicted molar refractivity (Wildman–Crippen MR) is 323 cm³/mol. The zero-order valence-electron chi connectivity index (χ0n) is 40.2. The van der Waals surface area contributed by atoms with Crippen LogP contribution in [0, 0.1) is 0 Å². The second kappa shape index (κ2) is 14.3. The molecule has 0 saturated carbocycles. The van der Waals surface area contributed by atoms with Crippen molar-refractivity contribution in [2.75, 3.05) is 0 Å². The Morgan fingerprint density at radius 1 is 0.162 bits per heavy atom. The van der Waals surface area contributed by atoms with Crippen molar-refractivity contribution in [1.82, 2.24) is 0 Å². The van der Waals surface area contributed by atoms with E-state index in [-0.39, 0.29) is 13.4 Å². The Morgan fingerprint density at radius 3 is 0.784 bits per heavy atom. The predicted octanol–water partition coefficient (Wildman–Crippen LogP) is 14.8. The van der Waals surface area contributed by atoms with Crippen LogP contribution in [0.25, 0.3) is 141 Å². The topological polar surface area (TPSA) is 0 Å². The maximum Gasteiger partial charge on any atom is 0.242 e. The summed E-state index contributed by atoms with van der Waals surface area (Å²) in [6.07, 6.45) is 0. The molecule has 0 radical (unpaired) electrons. The molecule has 0 nitrogen and oxygen atoms in total. The summed E-state index contributed by atoms with van der Waals surface area (Å²) in [4.78, 5) is 0. The van der Waals surface area contributed by atoms with Gasteiger partial charge in [0.25, 0.3) is 0 Å². The van der Waals surface area contributed by atoms with Gasteiger partial charge in [-0.05, 0) is 214 Å². The maximum absolute atomic E-state index is 2.56. The molecule has 2 aliphatic rings. The molecule has 0 aromatic heterocycles. The number of hydrogen-bond donors (Lipinski definition) is 0. The van der Waals surface area contributed by atoms with Crippen LogP contribution in [-0.2, 0) is 0 Å². The molecular weight excluding hydrogens is 886 g/mol. The second-order valence-electron chi connectivity index (χ2n) is 21.6. The Kier molecular flexibility index (Phi) is 7.59. The normalized spacial score (nSPS) is 13.1. The fourth-order valence-electron chi connectivity index (χ4n) is 14.3. The molecule has 0 fully saturated rings. The molecule has 16 aromatic carbocycles. The molecule has 18 rings (SSSR count). The first-order valence-corrected chi connectivity index (χ1v) is 26.2. The van der Waals surface area contributed by atoms with Crippen molar-refractivity contribution in [1.29, 1.82) is 0 Å². The van der Waals surface area contributed by atoms with Crippen molar-refractivity contribution in [2.45, 2.75) is 0 Å². The minimum atomic E-state index is 0.0315. The van der Waals surface area contributed by atoms with Crippen LogP contribution in [-0.4, -0.2) is 13.4 Å². The molecule has 0 bridgehead atoms. The van der Waals surface area contributed by atoms with Gasteiger partial charge >= 0.3 is 0 Å². The molecule has 2 heteroatoms. The molecule has 0 amide bonds. The molecule has 0 N–H and O–H groups in total. The largest absolute Gasteiger partial charge is 0.242 e. The highest BCUT2D eigenvalue weighted by molar-refractivity contribution is 7.00. The zero-order chi connectivity index (χ0) is 47.9.